The van der Waals surface area contributed by atoms with Gasteiger partial charge in [0.1, 0.15) is 0 Å². The molecule has 2 nitrogen and oxygen atoms in total. The summed E-state index contributed by atoms with van der Waals surface area (Å²) in [6.45, 7) is 4.09. The third kappa shape index (κ3) is 2.64. The number of hydrogen-bond donors (Lipinski definition) is 1. The van der Waals surface area contributed by atoms with Gasteiger partial charge >= 0.3 is 0 Å². The summed E-state index contributed by atoms with van der Waals surface area (Å²) in [5.41, 5.74) is 1.20. The topological polar surface area (TPSA) is 24.9 Å². The molecule has 2 aromatic rings. The van der Waals surface area contributed by atoms with Crippen LogP contribution >= 0.6 is 11.3 Å². The molecule has 2 heterocycles. The van der Waals surface area contributed by atoms with E-state index in [-0.39, 0.29) is 0 Å². The van der Waals surface area contributed by atoms with E-state index >= 15 is 0 Å². The Hall–Kier alpha value is -1.19. The zero-order valence-electron chi connectivity index (χ0n) is 8.73. The van der Waals surface area contributed by atoms with Crippen LogP contribution in [0.2, 0.25) is 0 Å². The van der Waals surface area contributed by atoms with E-state index in [0.717, 1.165) is 13.1 Å². The van der Waals surface area contributed by atoms with Gasteiger partial charge in [0.15, 0.2) is 0 Å². The van der Waals surface area contributed by atoms with Gasteiger partial charge in [-0.3, -0.25) is 4.98 Å². The Bertz CT molecular complexity index is 409. The van der Waals surface area contributed by atoms with Crippen molar-refractivity contribution in [1.29, 1.82) is 0 Å². The maximum absolute atomic E-state index is 4.12. The van der Waals surface area contributed by atoms with E-state index in [0.29, 0.717) is 0 Å². The van der Waals surface area contributed by atoms with Gasteiger partial charge in [0.05, 0.1) is 0 Å². The van der Waals surface area contributed by atoms with Gasteiger partial charge in [-0.15, -0.1) is 11.3 Å². The van der Waals surface area contributed by atoms with E-state index in [1.807, 2.05) is 23.6 Å². The first-order valence-corrected chi connectivity index (χ1v) is 5.91. The minimum absolute atomic E-state index is 0.960. The molecule has 2 aromatic heterocycles. The van der Waals surface area contributed by atoms with Gasteiger partial charge in [-0.2, -0.15) is 0 Å². The van der Waals surface area contributed by atoms with Crippen LogP contribution in [0.25, 0.3) is 10.4 Å². The van der Waals surface area contributed by atoms with Crippen LogP contribution in [0, 0.1) is 0 Å². The summed E-state index contributed by atoms with van der Waals surface area (Å²) in [5, 5.41) is 3.32. The second-order valence-corrected chi connectivity index (χ2v) is 4.46. The van der Waals surface area contributed by atoms with E-state index < -0.39 is 0 Å². The fourth-order valence-electron chi connectivity index (χ4n) is 1.38. The lowest BCUT2D eigenvalue weighted by Gasteiger charge is -1.97. The van der Waals surface area contributed by atoms with Gasteiger partial charge in [0.2, 0.25) is 0 Å². The molecule has 1 N–H and O–H groups in total. The van der Waals surface area contributed by atoms with Crippen molar-refractivity contribution in [3.63, 3.8) is 0 Å². The molecular formula is C12H14N2S. The molecular weight excluding hydrogens is 204 g/mol. The summed E-state index contributed by atoms with van der Waals surface area (Å²) >= 11 is 1.82. The molecule has 2 rings (SSSR count). The van der Waals surface area contributed by atoms with E-state index in [1.54, 1.807) is 6.20 Å². The molecule has 0 spiro atoms. The standard InChI is InChI=1S/C12H14N2S/c1-2-13-9-11-5-6-12(15-11)10-4-3-7-14-8-10/h3-8,13H,2,9H2,1H3. The van der Waals surface area contributed by atoms with E-state index in [2.05, 4.69) is 35.4 Å². The van der Waals surface area contributed by atoms with Gasteiger partial charge in [0, 0.05) is 34.3 Å². The Morgan fingerprint density at radius 1 is 1.33 bits per heavy atom. The first-order chi connectivity index (χ1) is 7.40. The van der Waals surface area contributed by atoms with Gasteiger partial charge < -0.3 is 5.32 Å². The molecule has 0 aliphatic carbocycles. The molecule has 0 aromatic carbocycles. The minimum Gasteiger partial charge on any atom is -0.312 e. The van der Waals surface area contributed by atoms with Crippen molar-refractivity contribution < 1.29 is 0 Å². The van der Waals surface area contributed by atoms with E-state index in [9.17, 15) is 0 Å². The molecule has 0 saturated heterocycles. The number of thiophene rings is 1. The highest BCUT2D eigenvalue weighted by atomic mass is 32.1. The summed E-state index contributed by atoms with van der Waals surface area (Å²) in [6, 6.07) is 8.40. The maximum atomic E-state index is 4.12. The molecule has 3 heteroatoms. The number of aromatic nitrogens is 1. The molecule has 0 atom stereocenters. The van der Waals surface area contributed by atoms with Crippen LogP contribution in [0.1, 0.15) is 11.8 Å². The van der Waals surface area contributed by atoms with Crippen molar-refractivity contribution >= 4 is 11.3 Å². The molecule has 0 unspecified atom stereocenters. The van der Waals surface area contributed by atoms with Crippen molar-refractivity contribution in [2.75, 3.05) is 6.54 Å². The SMILES string of the molecule is CCNCc1ccc(-c2cccnc2)s1. The summed E-state index contributed by atoms with van der Waals surface area (Å²) in [7, 11) is 0. The molecule has 0 bridgehead atoms. The maximum Gasteiger partial charge on any atom is 0.0361 e. The lowest BCUT2D eigenvalue weighted by molar-refractivity contribution is 0.735. The average molecular weight is 218 g/mol. The lowest BCUT2D eigenvalue weighted by atomic mass is 10.2. The third-order valence-corrected chi connectivity index (χ3v) is 3.29. The summed E-state index contributed by atoms with van der Waals surface area (Å²) in [6.07, 6.45) is 3.71. The number of hydrogen-bond acceptors (Lipinski definition) is 3. The first-order valence-electron chi connectivity index (χ1n) is 5.10. The second-order valence-electron chi connectivity index (χ2n) is 3.29. The van der Waals surface area contributed by atoms with Crippen LogP contribution in [0.15, 0.2) is 36.7 Å². The van der Waals surface area contributed by atoms with Gasteiger partial charge in [-0.25, -0.2) is 0 Å². The highest BCUT2D eigenvalue weighted by Crippen LogP contribution is 2.27. The van der Waals surface area contributed by atoms with E-state index in [1.165, 1.54) is 15.3 Å². The predicted octanol–water partition coefficient (Wildman–Crippen LogP) is 2.92. The number of pyridine rings is 1. The van der Waals surface area contributed by atoms with Crippen LogP contribution in [-0.2, 0) is 6.54 Å². The van der Waals surface area contributed by atoms with Gasteiger partial charge in [0.25, 0.3) is 0 Å². The zero-order valence-corrected chi connectivity index (χ0v) is 9.55. The summed E-state index contributed by atoms with van der Waals surface area (Å²) in [4.78, 5) is 6.78. The third-order valence-electron chi connectivity index (χ3n) is 2.16. The number of nitrogens with zero attached hydrogens (tertiary/aromatic N) is 1. The molecule has 0 amide bonds. The Morgan fingerprint density at radius 3 is 3.00 bits per heavy atom. The zero-order chi connectivity index (χ0) is 10.5. The fraction of sp³-hybridized carbons (Fsp3) is 0.250. The number of nitrogens with one attached hydrogen (secondary N) is 1. The first kappa shape index (κ1) is 10.3. The average Bonchev–Trinajstić information content (AvgIpc) is 2.76. The normalized spacial score (nSPS) is 10.5. The lowest BCUT2D eigenvalue weighted by Crippen LogP contribution is -2.10. The van der Waals surface area contributed by atoms with Crippen molar-refractivity contribution in [2.45, 2.75) is 13.5 Å². The van der Waals surface area contributed by atoms with Crippen molar-refractivity contribution in [3.8, 4) is 10.4 Å². The second kappa shape index (κ2) is 5.05. The Labute approximate surface area is 94.0 Å². The minimum atomic E-state index is 0.960. The summed E-state index contributed by atoms with van der Waals surface area (Å²) in [5.74, 6) is 0. The van der Waals surface area contributed by atoms with Crippen LogP contribution in [0.3, 0.4) is 0 Å². The highest BCUT2D eigenvalue weighted by Gasteiger charge is 2.01. The quantitative estimate of drug-likeness (QED) is 0.853. The van der Waals surface area contributed by atoms with E-state index in [4.69, 9.17) is 0 Å². The Balaban J connectivity index is 2.14. The van der Waals surface area contributed by atoms with Crippen molar-refractivity contribution in [2.24, 2.45) is 0 Å². The summed E-state index contributed by atoms with van der Waals surface area (Å²) < 4.78 is 0. The van der Waals surface area contributed by atoms with Crippen LogP contribution in [-0.4, -0.2) is 11.5 Å². The highest BCUT2D eigenvalue weighted by molar-refractivity contribution is 7.15. The largest absolute Gasteiger partial charge is 0.312 e. The van der Waals surface area contributed by atoms with Crippen molar-refractivity contribution in [3.05, 3.63) is 41.5 Å². The smallest absolute Gasteiger partial charge is 0.0361 e. The molecule has 15 heavy (non-hydrogen) atoms. The monoisotopic (exact) mass is 218 g/mol. The predicted molar refractivity (Wildman–Crippen MR) is 64.9 cm³/mol. The number of rotatable bonds is 4. The van der Waals surface area contributed by atoms with Crippen molar-refractivity contribution in [1.82, 2.24) is 10.3 Å². The van der Waals surface area contributed by atoms with Crippen LogP contribution in [0.5, 0.6) is 0 Å². The van der Waals surface area contributed by atoms with Gasteiger partial charge in [-0.05, 0) is 24.7 Å². The molecule has 0 saturated carbocycles. The molecule has 0 aliphatic heterocycles. The Kier molecular flexibility index (Phi) is 3.48. The van der Waals surface area contributed by atoms with Crippen LogP contribution < -0.4 is 5.32 Å². The van der Waals surface area contributed by atoms with Crippen LogP contribution in [0.4, 0.5) is 0 Å². The fourth-order valence-corrected chi connectivity index (χ4v) is 2.35. The molecule has 0 fully saturated rings. The molecule has 0 radical (unpaired) electrons. The molecule has 78 valence electrons. The van der Waals surface area contributed by atoms with Gasteiger partial charge in [-0.1, -0.05) is 13.0 Å². The molecule has 0 aliphatic rings. The Morgan fingerprint density at radius 2 is 2.27 bits per heavy atom.